The molecule has 0 bridgehead atoms. The second-order valence-electron chi connectivity index (χ2n) is 4.34. The predicted molar refractivity (Wildman–Crippen MR) is 60.9 cm³/mol. The zero-order chi connectivity index (χ0) is 10.2. The first kappa shape index (κ1) is 10.5. The topological polar surface area (TPSA) is 20.2 Å². The van der Waals surface area contributed by atoms with Crippen molar-refractivity contribution >= 4 is 22.9 Å². The molecular formula is C11H15ClOS. The fourth-order valence-corrected chi connectivity index (χ4v) is 3.48. The van der Waals surface area contributed by atoms with Gasteiger partial charge in [-0.1, -0.05) is 24.9 Å². The van der Waals surface area contributed by atoms with E-state index in [2.05, 4.69) is 6.92 Å². The van der Waals surface area contributed by atoms with Crippen molar-refractivity contribution in [3.05, 3.63) is 21.3 Å². The number of thiophene rings is 1. The Balaban J connectivity index is 2.22. The minimum absolute atomic E-state index is 0.602. The minimum atomic E-state index is -0.602. The molecule has 0 aliphatic heterocycles. The lowest BCUT2D eigenvalue weighted by Crippen LogP contribution is -2.30. The summed E-state index contributed by atoms with van der Waals surface area (Å²) in [6.45, 7) is 2.21. The molecular weight excluding hydrogens is 216 g/mol. The molecule has 2 atom stereocenters. The average Bonchev–Trinajstić information content (AvgIpc) is 2.52. The van der Waals surface area contributed by atoms with Crippen LogP contribution in [-0.2, 0) is 5.60 Å². The van der Waals surface area contributed by atoms with Gasteiger partial charge in [0.15, 0.2) is 0 Å². The van der Waals surface area contributed by atoms with Gasteiger partial charge in [0.2, 0.25) is 0 Å². The normalized spacial score (nSPS) is 33.2. The van der Waals surface area contributed by atoms with E-state index in [1.807, 2.05) is 12.1 Å². The highest BCUT2D eigenvalue weighted by Crippen LogP contribution is 2.43. The average molecular weight is 231 g/mol. The van der Waals surface area contributed by atoms with E-state index < -0.39 is 5.60 Å². The van der Waals surface area contributed by atoms with Gasteiger partial charge in [0.05, 0.1) is 9.94 Å². The molecule has 3 heteroatoms. The molecule has 0 saturated heterocycles. The van der Waals surface area contributed by atoms with Gasteiger partial charge in [0.1, 0.15) is 0 Å². The molecule has 2 rings (SSSR count). The summed E-state index contributed by atoms with van der Waals surface area (Å²) in [7, 11) is 0. The van der Waals surface area contributed by atoms with Crippen molar-refractivity contribution in [3.8, 4) is 0 Å². The van der Waals surface area contributed by atoms with Gasteiger partial charge in [-0.25, -0.2) is 0 Å². The second-order valence-corrected chi connectivity index (χ2v) is 6.05. The third-order valence-electron chi connectivity index (χ3n) is 3.01. The van der Waals surface area contributed by atoms with Crippen molar-refractivity contribution in [1.29, 1.82) is 0 Å². The zero-order valence-electron chi connectivity index (χ0n) is 8.29. The van der Waals surface area contributed by atoms with E-state index in [-0.39, 0.29) is 0 Å². The first-order valence-corrected chi connectivity index (χ1v) is 6.28. The Morgan fingerprint density at radius 2 is 2.36 bits per heavy atom. The summed E-state index contributed by atoms with van der Waals surface area (Å²) in [5.74, 6) is 0.620. The number of aliphatic hydroxyl groups is 1. The molecule has 2 unspecified atom stereocenters. The van der Waals surface area contributed by atoms with Crippen LogP contribution in [-0.4, -0.2) is 5.11 Å². The van der Waals surface area contributed by atoms with Gasteiger partial charge < -0.3 is 5.11 Å². The third-order valence-corrected chi connectivity index (χ3v) is 4.43. The third kappa shape index (κ3) is 1.97. The molecule has 1 aromatic heterocycles. The lowest BCUT2D eigenvalue weighted by atomic mass is 9.78. The summed E-state index contributed by atoms with van der Waals surface area (Å²) >= 11 is 7.40. The van der Waals surface area contributed by atoms with Crippen molar-refractivity contribution in [2.24, 2.45) is 5.92 Å². The second kappa shape index (κ2) is 3.84. The molecule has 1 nitrogen and oxygen atoms in total. The quantitative estimate of drug-likeness (QED) is 0.778. The maximum absolute atomic E-state index is 10.5. The van der Waals surface area contributed by atoms with Crippen LogP contribution in [0, 0.1) is 5.92 Å². The highest BCUT2D eigenvalue weighted by atomic mass is 35.5. The highest BCUT2D eigenvalue weighted by Gasteiger charge is 2.35. The Bertz CT molecular complexity index is 323. The highest BCUT2D eigenvalue weighted by molar-refractivity contribution is 7.16. The summed E-state index contributed by atoms with van der Waals surface area (Å²) in [6, 6.07) is 3.84. The summed E-state index contributed by atoms with van der Waals surface area (Å²) in [5, 5.41) is 10.5. The van der Waals surface area contributed by atoms with Gasteiger partial charge in [-0.05, 0) is 37.3 Å². The summed E-state index contributed by atoms with van der Waals surface area (Å²) in [6.07, 6.45) is 4.12. The van der Waals surface area contributed by atoms with Crippen LogP contribution < -0.4 is 0 Å². The van der Waals surface area contributed by atoms with Gasteiger partial charge >= 0.3 is 0 Å². The van der Waals surface area contributed by atoms with E-state index in [1.54, 1.807) is 0 Å². The van der Waals surface area contributed by atoms with Gasteiger partial charge in [-0.15, -0.1) is 11.3 Å². The lowest BCUT2D eigenvalue weighted by molar-refractivity contribution is -0.0146. The van der Waals surface area contributed by atoms with E-state index in [9.17, 15) is 5.11 Å². The molecule has 1 aromatic rings. The molecule has 1 saturated carbocycles. The zero-order valence-corrected chi connectivity index (χ0v) is 9.87. The van der Waals surface area contributed by atoms with Crippen molar-refractivity contribution in [2.45, 2.75) is 38.2 Å². The number of hydrogen-bond donors (Lipinski definition) is 1. The van der Waals surface area contributed by atoms with E-state index in [1.165, 1.54) is 17.8 Å². The molecule has 1 aliphatic rings. The monoisotopic (exact) mass is 230 g/mol. The first-order chi connectivity index (χ1) is 6.60. The van der Waals surface area contributed by atoms with Crippen LogP contribution in [0.2, 0.25) is 4.34 Å². The van der Waals surface area contributed by atoms with E-state index in [4.69, 9.17) is 11.6 Å². The molecule has 78 valence electrons. The van der Waals surface area contributed by atoms with Crippen LogP contribution in [0.25, 0.3) is 0 Å². The molecule has 0 radical (unpaired) electrons. The summed E-state index contributed by atoms with van der Waals surface area (Å²) in [5.41, 5.74) is -0.602. The minimum Gasteiger partial charge on any atom is -0.384 e. The largest absolute Gasteiger partial charge is 0.384 e. The molecule has 0 aromatic carbocycles. The van der Waals surface area contributed by atoms with E-state index >= 15 is 0 Å². The van der Waals surface area contributed by atoms with E-state index in [0.717, 1.165) is 28.5 Å². The van der Waals surface area contributed by atoms with Crippen molar-refractivity contribution in [2.75, 3.05) is 0 Å². The molecule has 1 aliphatic carbocycles. The predicted octanol–water partition coefficient (Wildman–Crippen LogP) is 3.80. The van der Waals surface area contributed by atoms with Gasteiger partial charge in [-0.2, -0.15) is 0 Å². The maximum atomic E-state index is 10.5. The van der Waals surface area contributed by atoms with Crippen LogP contribution in [0.15, 0.2) is 12.1 Å². The number of hydrogen-bond acceptors (Lipinski definition) is 2. The SMILES string of the molecule is CC1CCCC(O)(c2ccc(Cl)s2)C1. The Morgan fingerprint density at radius 1 is 1.57 bits per heavy atom. The molecule has 14 heavy (non-hydrogen) atoms. The molecule has 1 fully saturated rings. The molecule has 1 N–H and O–H groups in total. The van der Waals surface area contributed by atoms with Crippen molar-refractivity contribution in [3.63, 3.8) is 0 Å². The summed E-state index contributed by atoms with van der Waals surface area (Å²) < 4.78 is 0.770. The summed E-state index contributed by atoms with van der Waals surface area (Å²) in [4.78, 5) is 1.04. The number of halogens is 1. The molecule has 1 heterocycles. The van der Waals surface area contributed by atoms with Crippen LogP contribution in [0.4, 0.5) is 0 Å². The Hall–Kier alpha value is -0.0500. The van der Waals surface area contributed by atoms with Crippen LogP contribution >= 0.6 is 22.9 Å². The fraction of sp³-hybridized carbons (Fsp3) is 0.636. The van der Waals surface area contributed by atoms with E-state index in [0.29, 0.717) is 5.92 Å². The van der Waals surface area contributed by atoms with Crippen LogP contribution in [0.3, 0.4) is 0 Å². The Morgan fingerprint density at radius 3 is 2.93 bits per heavy atom. The van der Waals surface area contributed by atoms with Crippen molar-refractivity contribution in [1.82, 2.24) is 0 Å². The number of rotatable bonds is 1. The molecule has 0 spiro atoms. The van der Waals surface area contributed by atoms with Crippen LogP contribution in [0.5, 0.6) is 0 Å². The Kier molecular flexibility index (Phi) is 2.87. The van der Waals surface area contributed by atoms with Crippen molar-refractivity contribution < 1.29 is 5.11 Å². The molecule has 0 amide bonds. The Labute approximate surface area is 93.7 Å². The van der Waals surface area contributed by atoms with Gasteiger partial charge in [0.25, 0.3) is 0 Å². The maximum Gasteiger partial charge on any atom is 0.0990 e. The smallest absolute Gasteiger partial charge is 0.0990 e. The first-order valence-electron chi connectivity index (χ1n) is 5.08. The van der Waals surface area contributed by atoms with Gasteiger partial charge in [-0.3, -0.25) is 0 Å². The fourth-order valence-electron chi connectivity index (χ4n) is 2.31. The lowest BCUT2D eigenvalue weighted by Gasteiger charge is -2.34. The van der Waals surface area contributed by atoms with Gasteiger partial charge in [0, 0.05) is 4.88 Å². The standard InChI is InChI=1S/C11H15ClOS/c1-8-3-2-6-11(13,7-8)9-4-5-10(12)14-9/h4-5,8,13H,2-3,6-7H2,1H3. The van der Waals surface area contributed by atoms with Crippen LogP contribution in [0.1, 0.15) is 37.5 Å².